The largest absolute Gasteiger partial charge is 0.396 e. The molecule has 0 radical (unpaired) electrons. The molecule has 4 N–H and O–H groups in total. The smallest absolute Gasteiger partial charge is 0.276 e. The van der Waals surface area contributed by atoms with Crippen molar-refractivity contribution in [3.63, 3.8) is 0 Å². The number of piperazine rings is 1. The number of carbonyl (C=O) groups excluding carboxylic acids is 1. The predicted molar refractivity (Wildman–Crippen MR) is 128 cm³/mol. The molecule has 2 aromatic heterocycles. The monoisotopic (exact) mass is 464 g/mol. The first-order valence-corrected chi connectivity index (χ1v) is 11.1. The number of H-pyrrole nitrogens is 2. The lowest BCUT2D eigenvalue weighted by molar-refractivity contribution is 0.0594. The van der Waals surface area contributed by atoms with Crippen molar-refractivity contribution in [2.24, 2.45) is 0 Å². The van der Waals surface area contributed by atoms with E-state index in [0.717, 1.165) is 19.6 Å². The third-order valence-corrected chi connectivity index (χ3v) is 6.25. The maximum Gasteiger partial charge on any atom is 0.276 e. The molecule has 10 heteroatoms. The van der Waals surface area contributed by atoms with E-state index < -0.39 is 11.4 Å². The summed E-state index contributed by atoms with van der Waals surface area (Å²) < 4.78 is 18.6. The van der Waals surface area contributed by atoms with Crippen molar-refractivity contribution in [3.8, 4) is 11.4 Å². The van der Waals surface area contributed by atoms with Crippen LogP contribution in [0.4, 0.5) is 10.1 Å². The molecule has 9 nitrogen and oxygen atoms in total. The van der Waals surface area contributed by atoms with Crippen molar-refractivity contribution in [2.45, 2.75) is 0 Å². The summed E-state index contributed by atoms with van der Waals surface area (Å²) in [7, 11) is 1.68. The second kappa shape index (κ2) is 8.88. The van der Waals surface area contributed by atoms with Gasteiger partial charge in [-0.25, -0.2) is 9.37 Å². The summed E-state index contributed by atoms with van der Waals surface area (Å²) in [5, 5.41) is 0.639. The second-order valence-electron chi connectivity index (χ2n) is 8.38. The Balaban J connectivity index is 1.44. The Kier molecular flexibility index (Phi) is 5.76. The van der Waals surface area contributed by atoms with Gasteiger partial charge in [0.1, 0.15) is 5.82 Å². The SMILES string of the molecule is COCCN1CCN(C(=O)c2ccc3[nH]c(-c4nc5ccc(F)cc5[nH]c4=O)c(N)c3c2)CC1. The number of anilines is 1. The number of nitrogens with one attached hydrogen (secondary N) is 2. The Morgan fingerprint density at radius 2 is 1.91 bits per heavy atom. The van der Waals surface area contributed by atoms with Crippen LogP contribution in [0.25, 0.3) is 33.3 Å². The van der Waals surface area contributed by atoms with Crippen LogP contribution in [0, 0.1) is 5.82 Å². The van der Waals surface area contributed by atoms with Gasteiger partial charge in [0.15, 0.2) is 5.69 Å². The van der Waals surface area contributed by atoms with E-state index in [1.807, 2.05) is 4.90 Å². The molecule has 5 rings (SSSR count). The maximum absolute atomic E-state index is 13.5. The van der Waals surface area contributed by atoms with Crippen LogP contribution < -0.4 is 11.3 Å². The Labute approximate surface area is 194 Å². The molecular weight excluding hydrogens is 439 g/mol. The summed E-state index contributed by atoms with van der Waals surface area (Å²) in [5.41, 5.74) is 8.66. The quantitative estimate of drug-likeness (QED) is 0.417. The van der Waals surface area contributed by atoms with Gasteiger partial charge in [0.2, 0.25) is 0 Å². The van der Waals surface area contributed by atoms with E-state index in [1.165, 1.54) is 18.2 Å². The molecule has 34 heavy (non-hydrogen) atoms. The number of carbonyl (C=O) groups is 1. The molecule has 0 spiro atoms. The van der Waals surface area contributed by atoms with Crippen LogP contribution in [0.5, 0.6) is 0 Å². The van der Waals surface area contributed by atoms with E-state index in [9.17, 15) is 14.0 Å². The topological polar surface area (TPSA) is 120 Å². The number of fused-ring (bicyclic) bond motifs is 2. The number of benzene rings is 2. The van der Waals surface area contributed by atoms with Crippen molar-refractivity contribution in [1.29, 1.82) is 0 Å². The standard InChI is InChI=1S/C24H25FN6O3/c1-34-11-10-30-6-8-31(9-7-30)24(33)14-2-4-17-16(12-14)20(26)21(27-17)22-23(32)29-19-13-15(25)3-5-18(19)28-22/h2-5,12-13,27H,6-11,26H2,1H3,(H,29,32). The van der Waals surface area contributed by atoms with Crippen molar-refractivity contribution >= 4 is 33.5 Å². The minimum Gasteiger partial charge on any atom is -0.396 e. The number of methoxy groups -OCH3 is 1. The molecule has 1 aliphatic heterocycles. The number of amides is 1. The third-order valence-electron chi connectivity index (χ3n) is 6.25. The zero-order valence-corrected chi connectivity index (χ0v) is 18.7. The predicted octanol–water partition coefficient (Wildman–Crippen LogP) is 2.20. The van der Waals surface area contributed by atoms with Gasteiger partial charge in [-0.15, -0.1) is 0 Å². The zero-order valence-electron chi connectivity index (χ0n) is 18.7. The van der Waals surface area contributed by atoms with Crippen LogP contribution in [0.3, 0.4) is 0 Å². The lowest BCUT2D eigenvalue weighted by atomic mass is 10.1. The van der Waals surface area contributed by atoms with E-state index in [4.69, 9.17) is 10.5 Å². The molecule has 0 aliphatic carbocycles. The fourth-order valence-corrected chi connectivity index (χ4v) is 4.34. The average Bonchev–Trinajstić information content (AvgIpc) is 3.17. The number of aromatic nitrogens is 3. The number of aromatic amines is 2. The second-order valence-corrected chi connectivity index (χ2v) is 8.38. The summed E-state index contributed by atoms with van der Waals surface area (Å²) in [5.74, 6) is -0.518. The van der Waals surface area contributed by atoms with Crippen LogP contribution in [-0.2, 0) is 4.74 Å². The van der Waals surface area contributed by atoms with E-state index in [1.54, 1.807) is 25.3 Å². The van der Waals surface area contributed by atoms with Crippen molar-refractivity contribution in [1.82, 2.24) is 24.8 Å². The average molecular weight is 465 g/mol. The molecule has 0 saturated carbocycles. The van der Waals surface area contributed by atoms with E-state index >= 15 is 0 Å². The molecular formula is C24H25FN6O3. The highest BCUT2D eigenvalue weighted by atomic mass is 19.1. The van der Waals surface area contributed by atoms with E-state index in [-0.39, 0.29) is 11.6 Å². The van der Waals surface area contributed by atoms with Gasteiger partial charge in [0.05, 0.1) is 29.0 Å². The number of hydrogen-bond acceptors (Lipinski definition) is 6. The Hall–Kier alpha value is -3.76. The van der Waals surface area contributed by atoms with Crippen LogP contribution in [0.15, 0.2) is 41.2 Å². The van der Waals surface area contributed by atoms with Crippen LogP contribution in [0.2, 0.25) is 0 Å². The number of ether oxygens (including phenoxy) is 1. The lowest BCUT2D eigenvalue weighted by Gasteiger charge is -2.34. The number of nitrogen functional groups attached to an aromatic ring is 1. The Bertz CT molecular complexity index is 1440. The summed E-state index contributed by atoms with van der Waals surface area (Å²) in [4.78, 5) is 40.1. The number of rotatable bonds is 5. The van der Waals surface area contributed by atoms with Gasteiger partial charge >= 0.3 is 0 Å². The highest BCUT2D eigenvalue weighted by Gasteiger charge is 2.23. The number of nitrogens with zero attached hydrogens (tertiary/aromatic N) is 3. The molecule has 0 unspecified atom stereocenters. The first-order chi connectivity index (χ1) is 16.4. The van der Waals surface area contributed by atoms with Crippen LogP contribution in [0.1, 0.15) is 10.4 Å². The van der Waals surface area contributed by atoms with Crippen molar-refractivity contribution in [3.05, 3.63) is 58.1 Å². The van der Waals surface area contributed by atoms with Gasteiger partial charge in [0.25, 0.3) is 11.5 Å². The van der Waals surface area contributed by atoms with Crippen LogP contribution in [-0.4, -0.2) is 77.1 Å². The molecule has 1 aliphatic rings. The van der Waals surface area contributed by atoms with Gasteiger partial charge in [-0.1, -0.05) is 0 Å². The minimum absolute atomic E-state index is 0.0563. The summed E-state index contributed by atoms with van der Waals surface area (Å²) in [6.45, 7) is 4.41. The van der Waals surface area contributed by atoms with Crippen molar-refractivity contribution in [2.75, 3.05) is 52.2 Å². The summed E-state index contributed by atoms with van der Waals surface area (Å²) in [6.07, 6.45) is 0. The van der Waals surface area contributed by atoms with Crippen molar-refractivity contribution < 1.29 is 13.9 Å². The number of nitrogens with two attached hydrogens (primary N) is 1. The van der Waals surface area contributed by atoms with Gasteiger partial charge in [-0.3, -0.25) is 14.5 Å². The van der Waals surface area contributed by atoms with Gasteiger partial charge in [0, 0.05) is 56.3 Å². The highest BCUT2D eigenvalue weighted by Crippen LogP contribution is 2.31. The third kappa shape index (κ3) is 4.02. The molecule has 1 saturated heterocycles. The number of halogens is 1. The highest BCUT2D eigenvalue weighted by molar-refractivity contribution is 6.04. The Morgan fingerprint density at radius 3 is 2.68 bits per heavy atom. The molecule has 0 bridgehead atoms. The minimum atomic E-state index is -0.487. The van der Waals surface area contributed by atoms with Gasteiger partial charge < -0.3 is 25.3 Å². The van der Waals surface area contributed by atoms with Gasteiger partial charge in [-0.2, -0.15) is 0 Å². The maximum atomic E-state index is 13.5. The molecule has 1 fully saturated rings. The fourth-order valence-electron chi connectivity index (χ4n) is 4.34. The first kappa shape index (κ1) is 22.1. The summed E-state index contributed by atoms with van der Waals surface area (Å²) >= 11 is 0. The molecule has 3 heterocycles. The number of hydrogen-bond donors (Lipinski definition) is 3. The molecule has 1 amide bonds. The van der Waals surface area contributed by atoms with E-state index in [0.29, 0.717) is 58.6 Å². The van der Waals surface area contributed by atoms with Gasteiger partial charge in [-0.05, 0) is 36.4 Å². The summed E-state index contributed by atoms with van der Waals surface area (Å²) in [6, 6.07) is 9.27. The molecule has 4 aromatic rings. The van der Waals surface area contributed by atoms with Crippen LogP contribution >= 0.6 is 0 Å². The van der Waals surface area contributed by atoms with E-state index in [2.05, 4.69) is 19.9 Å². The fraction of sp³-hybridized carbons (Fsp3) is 0.292. The lowest BCUT2D eigenvalue weighted by Crippen LogP contribution is -2.49. The normalized spacial score (nSPS) is 14.8. The molecule has 2 aromatic carbocycles. The Morgan fingerprint density at radius 1 is 1.12 bits per heavy atom. The zero-order chi connectivity index (χ0) is 23.8. The first-order valence-electron chi connectivity index (χ1n) is 11.1. The molecule has 0 atom stereocenters. The molecule has 176 valence electrons.